The molecule has 0 aliphatic carbocycles. The van der Waals surface area contributed by atoms with Crippen molar-refractivity contribution >= 4 is 12.0 Å². The summed E-state index contributed by atoms with van der Waals surface area (Å²) in [5.41, 5.74) is 2.49. The van der Waals surface area contributed by atoms with E-state index < -0.39 is 0 Å². The molecule has 1 aliphatic rings. The summed E-state index contributed by atoms with van der Waals surface area (Å²) in [4.78, 5) is 4.32. The van der Waals surface area contributed by atoms with E-state index in [4.69, 9.17) is 0 Å². The van der Waals surface area contributed by atoms with E-state index in [0.717, 1.165) is 12.2 Å². The molecule has 1 aliphatic heterocycles. The summed E-state index contributed by atoms with van der Waals surface area (Å²) in [5.74, 6) is 0. The third kappa shape index (κ3) is 3.41. The first kappa shape index (κ1) is 11.7. The van der Waals surface area contributed by atoms with Crippen LogP contribution in [0.25, 0.3) is 0 Å². The summed E-state index contributed by atoms with van der Waals surface area (Å²) in [6.07, 6.45) is 3.20. The van der Waals surface area contributed by atoms with E-state index >= 15 is 0 Å². The Morgan fingerprint density at radius 3 is 2.71 bits per heavy atom. The maximum absolute atomic E-state index is 4.32. The molecule has 2 nitrogen and oxygen atoms in total. The Labute approximate surface area is 102 Å². The van der Waals surface area contributed by atoms with Gasteiger partial charge in [0.2, 0.25) is 0 Å². The van der Waals surface area contributed by atoms with Gasteiger partial charge in [0, 0.05) is 0 Å². The summed E-state index contributed by atoms with van der Waals surface area (Å²) in [6.45, 7) is 5.31. The Balaban J connectivity index is 0.000000293. The number of hydrogen-bond acceptors (Lipinski definition) is 2. The summed E-state index contributed by atoms with van der Waals surface area (Å²) >= 11 is 0.664. The SMILES string of the molecule is CCC.[Hg][N]1C=Nc2ccccc2C1. The normalized spacial score (nSPS) is 13.0. The summed E-state index contributed by atoms with van der Waals surface area (Å²) in [7, 11) is 0. The zero-order chi connectivity index (χ0) is 10.4. The Morgan fingerprint density at radius 2 is 2.00 bits per heavy atom. The third-order valence-corrected chi connectivity index (χ3v) is 3.23. The van der Waals surface area contributed by atoms with Crippen LogP contribution in [0.2, 0.25) is 0 Å². The first-order valence-corrected chi connectivity index (χ1v) is 7.43. The molecule has 0 saturated carbocycles. The molecule has 0 saturated heterocycles. The van der Waals surface area contributed by atoms with Gasteiger partial charge in [0.1, 0.15) is 0 Å². The Bertz CT molecular complexity index is 310. The predicted octanol–water partition coefficient (Wildman–Crippen LogP) is 3.04. The number of fused-ring (bicyclic) bond motifs is 1. The average Bonchev–Trinajstić information content (AvgIpc) is 2.19. The molecule has 3 heteroatoms. The zero-order valence-electron chi connectivity index (χ0n) is 8.90. The molecule has 0 amide bonds. The van der Waals surface area contributed by atoms with Gasteiger partial charge in [0.25, 0.3) is 0 Å². The molecule has 0 fully saturated rings. The fourth-order valence-electron chi connectivity index (χ4n) is 1.17. The Kier molecular flexibility index (Phi) is 5.16. The van der Waals surface area contributed by atoms with Gasteiger partial charge in [-0.05, 0) is 0 Å². The van der Waals surface area contributed by atoms with E-state index in [9.17, 15) is 0 Å². The van der Waals surface area contributed by atoms with Crippen LogP contribution in [-0.4, -0.2) is 9.00 Å². The van der Waals surface area contributed by atoms with Crippen LogP contribution in [0.3, 0.4) is 0 Å². The molecule has 0 atom stereocenters. The van der Waals surface area contributed by atoms with E-state index in [1.807, 2.05) is 12.4 Å². The van der Waals surface area contributed by atoms with Crippen LogP contribution in [-0.2, 0) is 33.0 Å². The summed E-state index contributed by atoms with van der Waals surface area (Å²) < 4.78 is 2.27. The molecule has 1 heterocycles. The Morgan fingerprint density at radius 1 is 1.36 bits per heavy atom. The molecule has 0 unspecified atom stereocenters. The van der Waals surface area contributed by atoms with Gasteiger partial charge in [-0.2, -0.15) is 0 Å². The number of benzene rings is 1. The van der Waals surface area contributed by atoms with Crippen LogP contribution in [0.1, 0.15) is 25.8 Å². The van der Waals surface area contributed by atoms with Gasteiger partial charge < -0.3 is 0 Å². The average molecular weight is 376 g/mol. The number of nitrogens with zero attached hydrogens (tertiary/aromatic N) is 2. The van der Waals surface area contributed by atoms with Crippen molar-refractivity contribution in [1.82, 2.24) is 2.66 Å². The van der Waals surface area contributed by atoms with Crippen LogP contribution in [0, 0.1) is 0 Å². The Hall–Kier alpha value is -0.375. The molecule has 0 aromatic heterocycles. The van der Waals surface area contributed by atoms with Gasteiger partial charge in [0.15, 0.2) is 0 Å². The zero-order valence-corrected chi connectivity index (χ0v) is 14.4. The van der Waals surface area contributed by atoms with Crippen LogP contribution in [0.5, 0.6) is 0 Å². The van der Waals surface area contributed by atoms with Gasteiger partial charge in [0.05, 0.1) is 0 Å². The molecule has 1 aromatic carbocycles. The van der Waals surface area contributed by atoms with Crippen LogP contribution in [0.4, 0.5) is 5.69 Å². The number of rotatable bonds is 0. The second-order valence-electron chi connectivity index (χ2n) is 3.33. The van der Waals surface area contributed by atoms with Crippen molar-refractivity contribution < 1.29 is 26.4 Å². The molecular formula is C11H15HgN2. The van der Waals surface area contributed by atoms with Crippen LogP contribution >= 0.6 is 0 Å². The molecule has 0 spiro atoms. The number of hydrogen-bond donors (Lipinski definition) is 0. The number of aliphatic imine (C=N–C) groups is 1. The van der Waals surface area contributed by atoms with E-state index in [2.05, 4.69) is 39.7 Å². The molecular weight excluding hydrogens is 361 g/mol. The maximum atomic E-state index is 4.32. The van der Waals surface area contributed by atoms with Crippen molar-refractivity contribution in [2.45, 2.75) is 26.8 Å². The predicted molar refractivity (Wildman–Crippen MR) is 56.1 cm³/mol. The topological polar surface area (TPSA) is 15.6 Å². The van der Waals surface area contributed by atoms with Gasteiger partial charge in [-0.3, -0.25) is 0 Å². The monoisotopic (exact) mass is 377 g/mol. The molecule has 1 aromatic rings. The van der Waals surface area contributed by atoms with Crippen LogP contribution < -0.4 is 0 Å². The van der Waals surface area contributed by atoms with Gasteiger partial charge in [-0.1, -0.05) is 20.3 Å². The van der Waals surface area contributed by atoms with Crippen molar-refractivity contribution in [1.29, 1.82) is 0 Å². The first-order valence-electron chi connectivity index (χ1n) is 4.97. The molecule has 0 radical (unpaired) electrons. The van der Waals surface area contributed by atoms with E-state index in [1.54, 1.807) is 0 Å². The van der Waals surface area contributed by atoms with E-state index in [-0.39, 0.29) is 0 Å². The molecule has 0 bridgehead atoms. The molecule has 71 valence electrons. The first-order chi connectivity index (χ1) is 6.77. The molecule has 2 rings (SSSR count). The van der Waals surface area contributed by atoms with Crippen molar-refractivity contribution in [3.63, 3.8) is 0 Å². The van der Waals surface area contributed by atoms with Crippen LogP contribution in [0.15, 0.2) is 29.3 Å². The van der Waals surface area contributed by atoms with E-state index in [0.29, 0.717) is 26.4 Å². The third-order valence-electron chi connectivity index (χ3n) is 1.73. The van der Waals surface area contributed by atoms with Gasteiger partial charge in [-0.25, -0.2) is 0 Å². The summed E-state index contributed by atoms with van der Waals surface area (Å²) in [5, 5.41) is 0. The standard InChI is InChI=1S/C8H7N2.C3H8.Hg/c1-2-4-8-7(3-1)5-9-6-10-8;1-3-2;/h1-4,6H,5H2;3H2,1-2H3;/q-1;;+1. The van der Waals surface area contributed by atoms with Gasteiger partial charge in [-0.15, -0.1) is 0 Å². The van der Waals surface area contributed by atoms with Crippen molar-refractivity contribution in [2.75, 3.05) is 0 Å². The summed E-state index contributed by atoms with van der Waals surface area (Å²) in [6, 6.07) is 8.31. The molecule has 0 N–H and O–H groups in total. The van der Waals surface area contributed by atoms with Crippen molar-refractivity contribution in [3.05, 3.63) is 29.8 Å². The number of para-hydroxylation sites is 1. The quantitative estimate of drug-likeness (QED) is 0.636. The van der Waals surface area contributed by atoms with Crippen molar-refractivity contribution in [3.8, 4) is 0 Å². The fraction of sp³-hybridized carbons (Fsp3) is 0.364. The van der Waals surface area contributed by atoms with Gasteiger partial charge >= 0.3 is 82.5 Å². The van der Waals surface area contributed by atoms with Crippen molar-refractivity contribution in [2.24, 2.45) is 4.99 Å². The second-order valence-corrected chi connectivity index (χ2v) is 6.49. The minimum atomic E-state index is 0.664. The minimum absolute atomic E-state index is 0.664. The fourth-order valence-corrected chi connectivity index (χ4v) is 2.43. The molecule has 14 heavy (non-hydrogen) atoms. The second kappa shape index (κ2) is 6.17. The van der Waals surface area contributed by atoms with E-state index in [1.165, 1.54) is 12.0 Å².